The van der Waals surface area contributed by atoms with Crippen LogP contribution in [0.1, 0.15) is 213 Å². The maximum absolute atomic E-state index is 12.4. The first-order chi connectivity index (χ1) is 25.8. The smallest absolute Gasteiger partial charge is 0.462 e. The van der Waals surface area contributed by atoms with E-state index in [4.69, 9.17) is 19.3 Å². The predicted molar refractivity (Wildman–Crippen MR) is 221 cm³/mol. The van der Waals surface area contributed by atoms with Crippen LogP contribution in [0.15, 0.2) is 36.5 Å². The zero-order valence-electron chi connectivity index (χ0n) is 34.2. The van der Waals surface area contributed by atoms with Gasteiger partial charge in [-0.25, -0.2) is 4.57 Å². The molecule has 0 amide bonds. The highest BCUT2D eigenvalue weighted by Crippen LogP contribution is 2.36. The number of rotatable bonds is 40. The fraction of sp³-hybridized carbons (Fsp3) is 0.818. The molecule has 8 nitrogen and oxygen atoms in total. The van der Waals surface area contributed by atoms with Crippen molar-refractivity contribution in [2.75, 3.05) is 13.2 Å². The summed E-state index contributed by atoms with van der Waals surface area (Å²) in [5, 5.41) is 0. The van der Waals surface area contributed by atoms with E-state index in [0.717, 1.165) is 64.2 Å². The maximum atomic E-state index is 12.4. The Balaban J connectivity index is 3.87. The predicted octanol–water partition coefficient (Wildman–Crippen LogP) is 13.4. The second-order valence-electron chi connectivity index (χ2n) is 14.7. The molecule has 310 valence electrons. The average Bonchev–Trinajstić information content (AvgIpc) is 3.13. The summed E-state index contributed by atoms with van der Waals surface area (Å²) in [4.78, 5) is 42.8. The Morgan fingerprint density at radius 3 is 1.32 bits per heavy atom. The number of ether oxygens (including phenoxy) is 2. The number of hydrogen-bond donors (Lipinski definition) is 2. The van der Waals surface area contributed by atoms with Crippen LogP contribution in [0.2, 0.25) is 0 Å². The van der Waals surface area contributed by atoms with E-state index in [1.807, 2.05) is 0 Å². The molecule has 0 aliphatic carbocycles. The Morgan fingerprint density at radius 1 is 0.491 bits per heavy atom. The SMILES string of the molecule is CCCC/C=C\C/C=C\CCCCCCCC(=O)OC(COC(=O)CCCCCCCCCCC/C=C\CCCCCCCCCC)COP(=O)(O)O. The van der Waals surface area contributed by atoms with E-state index in [1.165, 1.54) is 116 Å². The van der Waals surface area contributed by atoms with Crippen LogP contribution in [-0.2, 0) is 28.2 Å². The third-order valence-electron chi connectivity index (χ3n) is 9.38. The van der Waals surface area contributed by atoms with Gasteiger partial charge in [-0.2, -0.15) is 0 Å². The van der Waals surface area contributed by atoms with Gasteiger partial charge in [0, 0.05) is 12.8 Å². The van der Waals surface area contributed by atoms with Gasteiger partial charge in [-0.15, -0.1) is 0 Å². The quantitative estimate of drug-likeness (QED) is 0.0274. The molecule has 0 spiro atoms. The van der Waals surface area contributed by atoms with Gasteiger partial charge in [0.15, 0.2) is 6.10 Å². The molecule has 0 rings (SSSR count). The molecule has 9 heteroatoms. The first kappa shape index (κ1) is 51.3. The van der Waals surface area contributed by atoms with Crippen molar-refractivity contribution in [3.05, 3.63) is 36.5 Å². The lowest BCUT2D eigenvalue weighted by Gasteiger charge is -2.18. The Morgan fingerprint density at radius 2 is 0.868 bits per heavy atom. The normalized spacial score (nSPS) is 12.8. The van der Waals surface area contributed by atoms with E-state index >= 15 is 0 Å². The average molecular weight is 769 g/mol. The van der Waals surface area contributed by atoms with Crippen molar-refractivity contribution in [1.82, 2.24) is 0 Å². The zero-order chi connectivity index (χ0) is 38.9. The van der Waals surface area contributed by atoms with Crippen molar-refractivity contribution in [3.8, 4) is 0 Å². The number of esters is 2. The third kappa shape index (κ3) is 42.9. The first-order valence-electron chi connectivity index (χ1n) is 21.8. The van der Waals surface area contributed by atoms with Crippen LogP contribution in [-0.4, -0.2) is 41.0 Å². The Labute approximate surface area is 325 Å². The van der Waals surface area contributed by atoms with Crippen LogP contribution in [0.5, 0.6) is 0 Å². The van der Waals surface area contributed by atoms with Gasteiger partial charge in [-0.3, -0.25) is 14.1 Å². The fourth-order valence-electron chi connectivity index (χ4n) is 6.09. The first-order valence-corrected chi connectivity index (χ1v) is 23.3. The molecule has 0 aromatic rings. The zero-order valence-corrected chi connectivity index (χ0v) is 35.1. The lowest BCUT2D eigenvalue weighted by Crippen LogP contribution is -2.29. The second-order valence-corrected chi connectivity index (χ2v) is 15.9. The van der Waals surface area contributed by atoms with E-state index in [-0.39, 0.29) is 19.4 Å². The highest BCUT2D eigenvalue weighted by atomic mass is 31.2. The Bertz CT molecular complexity index is 957. The second kappa shape index (κ2) is 39.9. The van der Waals surface area contributed by atoms with Crippen molar-refractivity contribution in [1.29, 1.82) is 0 Å². The molecule has 1 unspecified atom stereocenters. The maximum Gasteiger partial charge on any atom is 0.469 e. The molecular weight excluding hydrogens is 687 g/mol. The summed E-state index contributed by atoms with van der Waals surface area (Å²) in [7, 11) is -4.76. The van der Waals surface area contributed by atoms with Gasteiger partial charge < -0.3 is 19.3 Å². The van der Waals surface area contributed by atoms with Crippen LogP contribution >= 0.6 is 7.82 Å². The molecule has 53 heavy (non-hydrogen) atoms. The van der Waals surface area contributed by atoms with Gasteiger partial charge in [0.1, 0.15) is 6.61 Å². The van der Waals surface area contributed by atoms with E-state index < -0.39 is 32.5 Å². The van der Waals surface area contributed by atoms with Crippen molar-refractivity contribution < 1.29 is 37.9 Å². The van der Waals surface area contributed by atoms with Crippen molar-refractivity contribution in [3.63, 3.8) is 0 Å². The number of phosphoric acid groups is 1. The summed E-state index contributed by atoms with van der Waals surface area (Å²) in [6.07, 6.45) is 47.3. The molecule has 0 saturated carbocycles. The molecule has 0 fully saturated rings. The van der Waals surface area contributed by atoms with E-state index in [2.05, 4.69) is 54.8 Å². The van der Waals surface area contributed by atoms with E-state index in [1.54, 1.807) is 0 Å². The Kier molecular flexibility index (Phi) is 38.6. The van der Waals surface area contributed by atoms with Crippen LogP contribution in [0.25, 0.3) is 0 Å². The van der Waals surface area contributed by atoms with Gasteiger partial charge >= 0.3 is 19.8 Å². The van der Waals surface area contributed by atoms with E-state index in [9.17, 15) is 14.2 Å². The lowest BCUT2D eigenvalue weighted by atomic mass is 10.1. The highest BCUT2D eigenvalue weighted by molar-refractivity contribution is 7.46. The minimum Gasteiger partial charge on any atom is -0.462 e. The number of carbonyl (C=O) groups excluding carboxylic acids is 2. The van der Waals surface area contributed by atoms with Crippen molar-refractivity contribution in [2.45, 2.75) is 219 Å². The molecule has 0 aromatic carbocycles. The van der Waals surface area contributed by atoms with Crippen LogP contribution < -0.4 is 0 Å². The van der Waals surface area contributed by atoms with Crippen molar-refractivity contribution in [2.24, 2.45) is 0 Å². The number of unbranched alkanes of at least 4 members (excludes halogenated alkanes) is 24. The Hall–Kier alpha value is -1.73. The van der Waals surface area contributed by atoms with Crippen molar-refractivity contribution >= 4 is 19.8 Å². The number of phosphoric ester groups is 1. The van der Waals surface area contributed by atoms with Gasteiger partial charge in [-0.05, 0) is 64.2 Å². The van der Waals surface area contributed by atoms with Gasteiger partial charge in [0.05, 0.1) is 6.61 Å². The van der Waals surface area contributed by atoms with Crippen LogP contribution in [0.4, 0.5) is 0 Å². The molecule has 1 atom stereocenters. The number of hydrogen-bond acceptors (Lipinski definition) is 6. The summed E-state index contributed by atoms with van der Waals surface area (Å²) < 4.78 is 26.4. The minimum atomic E-state index is -4.76. The fourth-order valence-corrected chi connectivity index (χ4v) is 6.45. The summed E-state index contributed by atoms with van der Waals surface area (Å²) in [6, 6.07) is 0. The van der Waals surface area contributed by atoms with Crippen LogP contribution in [0.3, 0.4) is 0 Å². The molecule has 0 aliphatic rings. The molecular formula is C44H81O8P. The molecule has 0 saturated heterocycles. The molecule has 2 N–H and O–H groups in total. The minimum absolute atomic E-state index is 0.196. The highest BCUT2D eigenvalue weighted by Gasteiger charge is 2.22. The van der Waals surface area contributed by atoms with Gasteiger partial charge in [0.25, 0.3) is 0 Å². The molecule has 0 aromatic heterocycles. The summed E-state index contributed by atoms with van der Waals surface area (Å²) in [5.41, 5.74) is 0. The summed E-state index contributed by atoms with van der Waals surface area (Å²) in [6.45, 7) is 3.64. The monoisotopic (exact) mass is 769 g/mol. The largest absolute Gasteiger partial charge is 0.469 e. The van der Waals surface area contributed by atoms with Gasteiger partial charge in [-0.1, -0.05) is 172 Å². The molecule has 0 radical (unpaired) electrons. The number of carbonyl (C=O) groups is 2. The molecule has 0 aliphatic heterocycles. The third-order valence-corrected chi connectivity index (χ3v) is 9.87. The summed E-state index contributed by atoms with van der Waals surface area (Å²) >= 11 is 0. The molecule has 0 bridgehead atoms. The van der Waals surface area contributed by atoms with Crippen LogP contribution in [0, 0.1) is 0 Å². The standard InChI is InChI=1S/C44H81O8P/c1-3-5-7-9-11-13-15-17-19-20-21-22-23-24-25-27-28-30-32-34-36-38-43(45)50-40-42(41-51-53(47,48)49)52-44(46)39-37-35-33-31-29-26-18-16-14-12-10-8-6-4-2/h10,12,16,18,20-21,42H,3-9,11,13-15,17,19,22-41H2,1-2H3,(H2,47,48,49)/b12-10-,18-16-,21-20-. The summed E-state index contributed by atoms with van der Waals surface area (Å²) in [5.74, 6) is -0.899. The molecule has 0 heterocycles. The van der Waals surface area contributed by atoms with E-state index in [0.29, 0.717) is 6.42 Å². The number of allylic oxidation sites excluding steroid dienone is 6. The lowest BCUT2D eigenvalue weighted by molar-refractivity contribution is -0.161. The van der Waals surface area contributed by atoms with Gasteiger partial charge in [0.2, 0.25) is 0 Å². The topological polar surface area (TPSA) is 119 Å².